The first-order valence-corrected chi connectivity index (χ1v) is 0.516. The molecular weight excluding hydrogens is 131 g/mol. The Balaban J connectivity index is -0.00000000500. The van der Waals surface area contributed by atoms with E-state index >= 15 is 0 Å². The monoisotopic (exact) mass is 138 g/mol. The molecule has 0 saturated carbocycles. The summed E-state index contributed by atoms with van der Waals surface area (Å²) >= 11 is 0. The molecule has 0 heterocycles. The van der Waals surface area contributed by atoms with Crippen LogP contribution in [0.2, 0.25) is 0 Å². The molecule has 0 bridgehead atoms. The Hall–Kier alpha value is 0.420. The molecule has 0 radical (unpaired) electrons. The van der Waals surface area contributed by atoms with Crippen molar-refractivity contribution in [1.29, 1.82) is 0 Å². The first-order valence-electron chi connectivity index (χ1n) is 0.516. The van der Waals surface area contributed by atoms with Crippen LogP contribution in [0.15, 0.2) is 0 Å². The number of halogens is 2. The second-order valence-corrected chi connectivity index (χ2v) is 0. The Morgan fingerprint density at radius 2 is 0.667 bits per heavy atom. The molecule has 0 rings (SSSR count). The molecule has 0 unspecified atom stereocenters. The minimum Gasteiger partial charge on any atom is -0.320 e. The van der Waals surface area contributed by atoms with Crippen LogP contribution in [0.1, 0.15) is 0 Å². The van der Waals surface area contributed by atoms with E-state index < -0.39 is 0 Å². The van der Waals surface area contributed by atoms with Gasteiger partial charge in [-0.3, -0.25) is 0 Å². The van der Waals surface area contributed by atoms with Crippen LogP contribution in [0.25, 0.3) is 0 Å². The highest BCUT2D eigenvalue weighted by molar-refractivity contribution is 5.85. The SMILES string of the molecule is Cl.Cl.NO.NO. The maximum Gasteiger partial charge on any atom is -0.147 e. The van der Waals surface area contributed by atoms with Crippen molar-refractivity contribution in [2.24, 2.45) is 11.8 Å². The summed E-state index contributed by atoms with van der Waals surface area (Å²) in [7, 11) is 0. The highest BCUT2D eigenvalue weighted by Gasteiger charge is 0.734. The third-order valence-electron chi connectivity index (χ3n) is 0. The fraction of sp³-hybridized carbons (Fsp3) is 0. The van der Waals surface area contributed by atoms with Gasteiger partial charge < -0.3 is 10.4 Å². The molecule has 0 aromatic heterocycles. The molecule has 0 amide bonds. The fourth-order valence-corrected chi connectivity index (χ4v) is 0. The van der Waals surface area contributed by atoms with Crippen molar-refractivity contribution in [2.45, 2.75) is 0 Å². The Morgan fingerprint density at radius 3 is 0.667 bits per heavy atom. The average Bonchev–Trinajstić information content (AvgIpc) is 1.50. The van der Waals surface area contributed by atoms with E-state index in [1.165, 1.54) is 0 Å². The van der Waals surface area contributed by atoms with Gasteiger partial charge in [0.15, 0.2) is 0 Å². The van der Waals surface area contributed by atoms with Crippen LogP contribution in [0.3, 0.4) is 0 Å². The zero-order valence-corrected chi connectivity index (χ0v) is 4.50. The van der Waals surface area contributed by atoms with Gasteiger partial charge in [-0.05, 0) is 0 Å². The summed E-state index contributed by atoms with van der Waals surface area (Å²) in [4.78, 5) is 0. The first kappa shape index (κ1) is 32.2. The molecule has 0 fully saturated rings. The second kappa shape index (κ2) is 600. The van der Waals surface area contributed by atoms with Crippen molar-refractivity contribution in [1.82, 2.24) is 0 Å². The lowest BCUT2D eigenvalue weighted by atomic mass is 13.6. The Labute approximate surface area is 47.9 Å². The number of hydrogen-bond donors (Lipinski definition) is 4. The van der Waals surface area contributed by atoms with Gasteiger partial charge in [0.2, 0.25) is 0 Å². The van der Waals surface area contributed by atoms with Gasteiger partial charge in [0.1, 0.15) is 0 Å². The molecule has 6 heavy (non-hydrogen) atoms. The van der Waals surface area contributed by atoms with E-state index in [0.717, 1.165) is 0 Å². The molecule has 0 aromatic rings. The van der Waals surface area contributed by atoms with Crippen molar-refractivity contribution < 1.29 is 10.4 Å². The molecule has 0 aliphatic carbocycles. The smallest absolute Gasteiger partial charge is 0.147 e. The normalized spacial score (nSPS) is 2.00. The van der Waals surface area contributed by atoms with Crippen LogP contribution in [-0.4, -0.2) is 10.4 Å². The molecule has 0 aliphatic heterocycles. The van der Waals surface area contributed by atoms with Gasteiger partial charge in [-0.2, -0.15) is 0 Å². The highest BCUT2D eigenvalue weighted by Crippen LogP contribution is 0.691. The maximum atomic E-state index is 6.50. The molecule has 0 aromatic carbocycles. The lowest BCUT2D eigenvalue weighted by molar-refractivity contribution is 0.311. The third kappa shape index (κ3) is 293. The molecule has 0 spiro atoms. The van der Waals surface area contributed by atoms with Crippen molar-refractivity contribution in [3.63, 3.8) is 0 Å². The average molecular weight is 139 g/mol. The summed E-state index contributed by atoms with van der Waals surface area (Å²) in [5.41, 5.74) is 0. The zero-order valence-electron chi connectivity index (χ0n) is 2.87. The van der Waals surface area contributed by atoms with Crippen LogP contribution in [0.5, 0.6) is 0 Å². The standard InChI is InChI=1S/2ClH.2H3NO/c;;2*1-2/h2*1H;2*2H,1H2. The van der Waals surface area contributed by atoms with E-state index in [1.807, 2.05) is 0 Å². The molecule has 4 nitrogen and oxygen atoms in total. The zero-order chi connectivity index (χ0) is 4.00. The molecule has 44 valence electrons. The topological polar surface area (TPSA) is 92.5 Å². The summed E-state index contributed by atoms with van der Waals surface area (Å²) in [6, 6.07) is 0. The summed E-state index contributed by atoms with van der Waals surface area (Å²) in [5.74, 6) is 7.00. The van der Waals surface area contributed by atoms with E-state index in [0.29, 0.717) is 0 Å². The number of rotatable bonds is 0. The third-order valence-corrected chi connectivity index (χ3v) is 0. The van der Waals surface area contributed by atoms with E-state index in [2.05, 4.69) is 11.8 Å². The van der Waals surface area contributed by atoms with E-state index in [4.69, 9.17) is 10.4 Å². The summed E-state index contributed by atoms with van der Waals surface area (Å²) < 4.78 is 0. The van der Waals surface area contributed by atoms with Crippen molar-refractivity contribution in [3.05, 3.63) is 0 Å². The van der Waals surface area contributed by atoms with E-state index in [-0.39, 0.29) is 24.8 Å². The summed E-state index contributed by atoms with van der Waals surface area (Å²) in [6.07, 6.45) is 0. The lowest BCUT2D eigenvalue weighted by Gasteiger charge is -1.27. The largest absolute Gasteiger partial charge is 0.320 e. The second-order valence-electron chi connectivity index (χ2n) is 0. The van der Waals surface area contributed by atoms with E-state index in [1.54, 1.807) is 0 Å². The maximum absolute atomic E-state index is 6.50. The Kier molecular flexibility index (Phi) is 3220. The quantitative estimate of drug-likeness (QED) is 0.341. The highest BCUT2D eigenvalue weighted by atomic mass is 35.5. The summed E-state index contributed by atoms with van der Waals surface area (Å²) in [6.45, 7) is 0. The number of hydrogen-bond acceptors (Lipinski definition) is 4. The fourth-order valence-electron chi connectivity index (χ4n) is 0. The van der Waals surface area contributed by atoms with Crippen LogP contribution in [0.4, 0.5) is 0 Å². The minimum absolute atomic E-state index is 0. The predicted octanol–water partition coefficient (Wildman–Crippen LogP) is -0.488. The summed E-state index contributed by atoms with van der Waals surface area (Å²) in [5, 5.41) is 13.0. The van der Waals surface area contributed by atoms with Gasteiger partial charge in [0, 0.05) is 0 Å². The van der Waals surface area contributed by atoms with Crippen molar-refractivity contribution in [2.75, 3.05) is 0 Å². The molecule has 0 saturated heterocycles. The molecule has 0 aliphatic rings. The molecule has 0 atom stereocenters. The van der Waals surface area contributed by atoms with Crippen LogP contribution in [-0.2, 0) is 0 Å². The van der Waals surface area contributed by atoms with Crippen molar-refractivity contribution >= 4 is 24.8 Å². The van der Waals surface area contributed by atoms with Gasteiger partial charge in [0.05, 0.1) is 0 Å². The minimum atomic E-state index is 0. The lowest BCUT2D eigenvalue weighted by Crippen LogP contribution is -1.72. The van der Waals surface area contributed by atoms with Crippen LogP contribution >= 0.6 is 24.8 Å². The van der Waals surface area contributed by atoms with Crippen molar-refractivity contribution in [3.8, 4) is 0 Å². The molecular formula is H8Cl2N2O2. The Bertz CT molecular complexity index is 9.51. The van der Waals surface area contributed by atoms with Crippen LogP contribution < -0.4 is 11.8 Å². The van der Waals surface area contributed by atoms with Gasteiger partial charge >= 0.3 is 0 Å². The first-order chi connectivity index (χ1) is 2.00. The van der Waals surface area contributed by atoms with Gasteiger partial charge in [-0.25, -0.2) is 11.8 Å². The predicted molar refractivity (Wildman–Crippen MR) is 26.4 cm³/mol. The number of nitrogens with two attached hydrogens (primary N) is 2. The van der Waals surface area contributed by atoms with Crippen LogP contribution in [0, 0.1) is 0 Å². The Morgan fingerprint density at radius 1 is 0.667 bits per heavy atom. The van der Waals surface area contributed by atoms with Gasteiger partial charge in [0.25, 0.3) is 0 Å². The van der Waals surface area contributed by atoms with Gasteiger partial charge in [-0.1, -0.05) is 0 Å². The van der Waals surface area contributed by atoms with Gasteiger partial charge in [-0.15, -0.1) is 24.8 Å². The van der Waals surface area contributed by atoms with E-state index in [9.17, 15) is 0 Å². The molecule has 6 N–H and O–H groups in total. The molecule has 6 heteroatoms.